The van der Waals surface area contributed by atoms with Gasteiger partial charge in [0.1, 0.15) is 0 Å². The lowest BCUT2D eigenvalue weighted by Crippen LogP contribution is -2.29. The maximum atomic E-state index is 11.3. The highest BCUT2D eigenvalue weighted by atomic mass is 16.5. The van der Waals surface area contributed by atoms with E-state index in [1.807, 2.05) is 13.8 Å². The molecule has 15 heavy (non-hydrogen) atoms. The van der Waals surface area contributed by atoms with Gasteiger partial charge in [0.15, 0.2) is 6.10 Å². The Labute approximate surface area is 92.8 Å². The van der Waals surface area contributed by atoms with Crippen LogP contribution in [0, 0.1) is 11.8 Å². The van der Waals surface area contributed by atoms with Crippen molar-refractivity contribution < 1.29 is 14.6 Å². The van der Waals surface area contributed by atoms with Crippen LogP contribution in [0.5, 0.6) is 0 Å². The topological polar surface area (TPSA) is 46.5 Å². The molecule has 0 fully saturated rings. The van der Waals surface area contributed by atoms with E-state index in [1.54, 1.807) is 0 Å². The van der Waals surface area contributed by atoms with E-state index in [-0.39, 0.29) is 5.92 Å². The fourth-order valence-corrected chi connectivity index (χ4v) is 1.11. The Balaban J connectivity index is 3.74. The van der Waals surface area contributed by atoms with Gasteiger partial charge in [-0.2, -0.15) is 0 Å². The zero-order valence-electron chi connectivity index (χ0n) is 10.3. The molecular weight excluding hydrogens is 192 g/mol. The Morgan fingerprint density at radius 1 is 1.27 bits per heavy atom. The summed E-state index contributed by atoms with van der Waals surface area (Å²) in [6.07, 6.45) is 1.77. The van der Waals surface area contributed by atoms with Crippen LogP contribution in [0.2, 0.25) is 0 Å². The van der Waals surface area contributed by atoms with Gasteiger partial charge in [-0.3, -0.25) is 0 Å². The van der Waals surface area contributed by atoms with Gasteiger partial charge in [0.25, 0.3) is 0 Å². The average molecular weight is 216 g/mol. The predicted molar refractivity (Wildman–Crippen MR) is 60.5 cm³/mol. The quantitative estimate of drug-likeness (QED) is 0.665. The van der Waals surface area contributed by atoms with Crippen molar-refractivity contribution in [3.8, 4) is 0 Å². The number of ether oxygens (including phenoxy) is 1. The van der Waals surface area contributed by atoms with Crippen LogP contribution in [-0.2, 0) is 9.53 Å². The first-order valence-electron chi connectivity index (χ1n) is 5.87. The molecule has 0 heterocycles. The number of hydrogen-bond acceptors (Lipinski definition) is 3. The lowest BCUT2D eigenvalue weighted by atomic mass is 10.0. The summed E-state index contributed by atoms with van der Waals surface area (Å²) in [4.78, 5) is 11.3. The Morgan fingerprint density at radius 2 is 1.87 bits per heavy atom. The van der Waals surface area contributed by atoms with Gasteiger partial charge in [-0.15, -0.1) is 0 Å². The Hall–Kier alpha value is -0.570. The molecule has 0 bridgehead atoms. The van der Waals surface area contributed by atoms with Crippen LogP contribution < -0.4 is 0 Å². The molecular formula is C12H24O3. The standard InChI is InChI=1S/C12H24O3/c1-5-9(3)7-8-15-12(14)11(13)10(4)6-2/h9-11,13H,5-8H2,1-4H3. The second-order valence-corrected chi connectivity index (χ2v) is 4.30. The zero-order chi connectivity index (χ0) is 11.8. The van der Waals surface area contributed by atoms with E-state index in [9.17, 15) is 9.90 Å². The van der Waals surface area contributed by atoms with Gasteiger partial charge in [0.05, 0.1) is 6.61 Å². The molecule has 0 rings (SSSR count). The lowest BCUT2D eigenvalue weighted by Gasteiger charge is -2.16. The fraction of sp³-hybridized carbons (Fsp3) is 0.917. The summed E-state index contributed by atoms with van der Waals surface area (Å²) in [5.41, 5.74) is 0. The van der Waals surface area contributed by atoms with E-state index in [2.05, 4.69) is 13.8 Å². The molecule has 0 saturated carbocycles. The minimum atomic E-state index is -0.966. The third kappa shape index (κ3) is 5.78. The van der Waals surface area contributed by atoms with E-state index in [1.165, 1.54) is 0 Å². The third-order valence-corrected chi connectivity index (χ3v) is 2.98. The summed E-state index contributed by atoms with van der Waals surface area (Å²) >= 11 is 0. The number of rotatable bonds is 7. The van der Waals surface area contributed by atoms with Crippen LogP contribution >= 0.6 is 0 Å². The number of carbonyl (C=O) groups excluding carboxylic acids is 1. The summed E-state index contributed by atoms with van der Waals surface area (Å²) in [7, 11) is 0. The molecule has 3 atom stereocenters. The Morgan fingerprint density at radius 3 is 2.33 bits per heavy atom. The maximum absolute atomic E-state index is 11.3. The normalized spacial score (nSPS) is 16.9. The van der Waals surface area contributed by atoms with Crippen molar-refractivity contribution in [2.24, 2.45) is 11.8 Å². The van der Waals surface area contributed by atoms with Gasteiger partial charge in [-0.05, 0) is 18.3 Å². The van der Waals surface area contributed by atoms with E-state index >= 15 is 0 Å². The van der Waals surface area contributed by atoms with E-state index in [4.69, 9.17) is 4.74 Å². The number of aliphatic hydroxyl groups is 1. The molecule has 0 radical (unpaired) electrons. The summed E-state index contributed by atoms with van der Waals surface area (Å²) in [6.45, 7) is 8.45. The van der Waals surface area contributed by atoms with Crippen molar-refractivity contribution >= 4 is 5.97 Å². The second-order valence-electron chi connectivity index (χ2n) is 4.30. The molecule has 0 amide bonds. The smallest absolute Gasteiger partial charge is 0.335 e. The molecule has 0 aromatic heterocycles. The van der Waals surface area contributed by atoms with E-state index in [0.29, 0.717) is 12.5 Å². The number of hydrogen-bond donors (Lipinski definition) is 1. The van der Waals surface area contributed by atoms with Gasteiger partial charge in [-0.1, -0.05) is 40.5 Å². The minimum absolute atomic E-state index is 0.0268. The lowest BCUT2D eigenvalue weighted by molar-refractivity contribution is -0.156. The largest absolute Gasteiger partial charge is 0.464 e. The molecule has 0 aliphatic carbocycles. The Kier molecular flexibility index (Phi) is 7.39. The number of carbonyl (C=O) groups is 1. The van der Waals surface area contributed by atoms with Gasteiger partial charge in [0, 0.05) is 0 Å². The van der Waals surface area contributed by atoms with Crippen molar-refractivity contribution in [3.05, 3.63) is 0 Å². The van der Waals surface area contributed by atoms with Crippen LogP contribution in [-0.4, -0.2) is 23.8 Å². The number of esters is 1. The van der Waals surface area contributed by atoms with E-state index in [0.717, 1.165) is 19.3 Å². The summed E-state index contributed by atoms with van der Waals surface area (Å²) in [5, 5.41) is 9.53. The van der Waals surface area contributed by atoms with Crippen molar-refractivity contribution in [2.75, 3.05) is 6.61 Å². The van der Waals surface area contributed by atoms with Crippen molar-refractivity contribution in [3.63, 3.8) is 0 Å². The summed E-state index contributed by atoms with van der Waals surface area (Å²) in [5.74, 6) is 0.0623. The molecule has 90 valence electrons. The highest BCUT2D eigenvalue weighted by molar-refractivity contribution is 5.74. The highest BCUT2D eigenvalue weighted by Crippen LogP contribution is 2.10. The highest BCUT2D eigenvalue weighted by Gasteiger charge is 2.22. The molecule has 0 aliphatic heterocycles. The van der Waals surface area contributed by atoms with Crippen LogP contribution in [0.4, 0.5) is 0 Å². The first kappa shape index (κ1) is 14.4. The molecule has 0 aromatic carbocycles. The minimum Gasteiger partial charge on any atom is -0.464 e. The second kappa shape index (κ2) is 7.69. The molecule has 3 nitrogen and oxygen atoms in total. The molecule has 0 aliphatic rings. The zero-order valence-corrected chi connectivity index (χ0v) is 10.3. The maximum Gasteiger partial charge on any atom is 0.335 e. The predicted octanol–water partition coefficient (Wildman–Crippen LogP) is 2.37. The van der Waals surface area contributed by atoms with Crippen LogP contribution in [0.1, 0.15) is 47.0 Å². The van der Waals surface area contributed by atoms with Crippen molar-refractivity contribution in [1.82, 2.24) is 0 Å². The fourth-order valence-electron chi connectivity index (χ4n) is 1.11. The van der Waals surface area contributed by atoms with E-state index < -0.39 is 12.1 Å². The van der Waals surface area contributed by atoms with Crippen LogP contribution in [0.25, 0.3) is 0 Å². The monoisotopic (exact) mass is 216 g/mol. The van der Waals surface area contributed by atoms with Gasteiger partial charge in [0.2, 0.25) is 0 Å². The summed E-state index contributed by atoms with van der Waals surface area (Å²) in [6, 6.07) is 0. The van der Waals surface area contributed by atoms with Gasteiger partial charge in [-0.25, -0.2) is 4.79 Å². The van der Waals surface area contributed by atoms with Gasteiger partial charge >= 0.3 is 5.97 Å². The molecule has 1 N–H and O–H groups in total. The molecule has 0 aromatic rings. The SMILES string of the molecule is CCC(C)CCOC(=O)C(O)C(C)CC. The third-order valence-electron chi connectivity index (χ3n) is 2.98. The van der Waals surface area contributed by atoms with Crippen molar-refractivity contribution in [1.29, 1.82) is 0 Å². The Bertz CT molecular complexity index is 180. The molecule has 0 saturated heterocycles. The van der Waals surface area contributed by atoms with Crippen LogP contribution in [0.3, 0.4) is 0 Å². The molecule has 0 spiro atoms. The molecule has 3 heteroatoms. The van der Waals surface area contributed by atoms with Gasteiger partial charge < -0.3 is 9.84 Å². The van der Waals surface area contributed by atoms with Crippen molar-refractivity contribution in [2.45, 2.75) is 53.1 Å². The average Bonchev–Trinajstić information content (AvgIpc) is 2.26. The first-order chi connectivity index (χ1) is 7.02. The number of aliphatic hydroxyl groups excluding tert-OH is 1. The van der Waals surface area contributed by atoms with Crippen LogP contribution in [0.15, 0.2) is 0 Å². The summed E-state index contributed by atoms with van der Waals surface area (Å²) < 4.78 is 5.01. The molecule has 3 unspecified atom stereocenters. The first-order valence-corrected chi connectivity index (χ1v) is 5.87.